The summed E-state index contributed by atoms with van der Waals surface area (Å²) in [5.41, 5.74) is 2.38. The van der Waals surface area contributed by atoms with Crippen LogP contribution < -0.4 is 10.0 Å². The van der Waals surface area contributed by atoms with Crippen LogP contribution in [0.4, 0.5) is 5.69 Å². The van der Waals surface area contributed by atoms with Gasteiger partial charge in [-0.25, -0.2) is 0 Å². The molecular weight excluding hydrogens is 296 g/mol. The third-order valence-electron chi connectivity index (χ3n) is 3.28. The van der Waals surface area contributed by atoms with Crippen LogP contribution in [-0.4, -0.2) is 9.11 Å². The third kappa shape index (κ3) is 2.39. The van der Waals surface area contributed by atoms with Gasteiger partial charge in [-0.05, 0) is 30.2 Å². The Bertz CT molecular complexity index is 649. The molecule has 3 rings (SSSR count). The molecule has 0 radical (unpaired) electrons. The Morgan fingerprint density at radius 2 is 1.85 bits per heavy atom. The molecule has 1 aliphatic heterocycles. The van der Waals surface area contributed by atoms with Crippen molar-refractivity contribution < 1.29 is 9.11 Å². The molecule has 0 bridgehead atoms. The Kier molecular flexibility index (Phi) is 3.40. The van der Waals surface area contributed by atoms with Gasteiger partial charge in [-0.2, -0.15) is 4.72 Å². The Labute approximate surface area is 124 Å². The van der Waals surface area contributed by atoms with Crippen molar-refractivity contribution in [2.45, 2.75) is 18.0 Å². The van der Waals surface area contributed by atoms with Crippen LogP contribution in [0.3, 0.4) is 0 Å². The van der Waals surface area contributed by atoms with E-state index in [9.17, 15) is 9.11 Å². The topological polar surface area (TPSA) is 64.5 Å². The van der Waals surface area contributed by atoms with Crippen molar-refractivity contribution in [1.82, 2.24) is 4.72 Å². The molecule has 4 N–H and O–H groups in total. The molecule has 1 atom stereocenters. The summed E-state index contributed by atoms with van der Waals surface area (Å²) in [6.07, 6.45) is -0.368. The van der Waals surface area contributed by atoms with Crippen LogP contribution in [0.1, 0.15) is 17.3 Å². The molecule has 0 fully saturated rings. The number of nitrogens with one attached hydrogen (secondary N) is 2. The summed E-state index contributed by atoms with van der Waals surface area (Å²) in [7, 11) is -3.05. The lowest BCUT2D eigenvalue weighted by Gasteiger charge is -2.43. The molecule has 6 heteroatoms. The van der Waals surface area contributed by atoms with Gasteiger partial charge in [0, 0.05) is 5.02 Å². The maximum absolute atomic E-state index is 10.3. The summed E-state index contributed by atoms with van der Waals surface area (Å²) in [5, 5.41) is 3.84. The van der Waals surface area contributed by atoms with Crippen LogP contribution in [0.15, 0.2) is 47.4 Å². The van der Waals surface area contributed by atoms with Gasteiger partial charge in [-0.15, -0.1) is 10.8 Å². The Morgan fingerprint density at radius 3 is 2.55 bits per heavy atom. The van der Waals surface area contributed by atoms with Gasteiger partial charge in [0.1, 0.15) is 6.17 Å². The molecule has 2 aromatic rings. The molecule has 106 valence electrons. The lowest BCUT2D eigenvalue weighted by Crippen LogP contribution is -2.35. The number of halogens is 1. The van der Waals surface area contributed by atoms with Gasteiger partial charge in [0.15, 0.2) is 0 Å². The lowest BCUT2D eigenvalue weighted by atomic mass is 10.1. The second-order valence-electron chi connectivity index (χ2n) is 4.75. The zero-order chi connectivity index (χ0) is 14.3. The monoisotopic (exact) mass is 310 g/mol. The molecule has 0 amide bonds. The highest BCUT2D eigenvalue weighted by atomic mass is 35.5. The fraction of sp³-hybridized carbons (Fsp3) is 0.143. The molecule has 0 aliphatic carbocycles. The van der Waals surface area contributed by atoms with Crippen molar-refractivity contribution in [3.05, 3.63) is 58.6 Å². The van der Waals surface area contributed by atoms with E-state index >= 15 is 0 Å². The van der Waals surface area contributed by atoms with Gasteiger partial charge in [0.2, 0.25) is 0 Å². The largest absolute Gasteiger partial charge is 0.363 e. The van der Waals surface area contributed by atoms with Gasteiger partial charge >= 0.3 is 0 Å². The fourth-order valence-electron chi connectivity index (χ4n) is 2.21. The number of anilines is 1. The van der Waals surface area contributed by atoms with Crippen molar-refractivity contribution in [3.8, 4) is 0 Å². The minimum Gasteiger partial charge on any atom is -0.363 e. The van der Waals surface area contributed by atoms with Gasteiger partial charge in [0.05, 0.1) is 10.6 Å². The first-order chi connectivity index (χ1) is 9.47. The molecular formula is C14H15ClN2O2S. The number of hydrogen-bond acceptors (Lipinski definition) is 4. The molecule has 4 nitrogen and oxygen atoms in total. The van der Waals surface area contributed by atoms with E-state index in [1.807, 2.05) is 37.3 Å². The zero-order valence-electron chi connectivity index (χ0n) is 10.8. The van der Waals surface area contributed by atoms with Crippen molar-refractivity contribution in [2.24, 2.45) is 0 Å². The van der Waals surface area contributed by atoms with E-state index in [-0.39, 0.29) is 6.17 Å². The molecule has 1 unspecified atom stereocenters. The van der Waals surface area contributed by atoms with Crippen molar-refractivity contribution in [3.63, 3.8) is 0 Å². The van der Waals surface area contributed by atoms with Crippen LogP contribution in [0.5, 0.6) is 0 Å². The number of aryl methyl sites for hydroxylation is 1. The minimum absolute atomic E-state index is 0.368. The molecule has 1 aliphatic rings. The average molecular weight is 311 g/mol. The van der Waals surface area contributed by atoms with Crippen molar-refractivity contribution in [1.29, 1.82) is 0 Å². The van der Waals surface area contributed by atoms with Gasteiger partial charge in [-0.1, -0.05) is 41.9 Å². The summed E-state index contributed by atoms with van der Waals surface area (Å²) in [6.45, 7) is 1.83. The number of hydrogen-bond donors (Lipinski definition) is 4. The van der Waals surface area contributed by atoms with Crippen LogP contribution in [0.25, 0.3) is 0 Å². The molecule has 0 aromatic heterocycles. The second kappa shape index (κ2) is 4.95. The Morgan fingerprint density at radius 1 is 1.15 bits per heavy atom. The first kappa shape index (κ1) is 13.7. The SMILES string of the molecule is Cc1cc2c(cc1Cl)NC(c1ccccc1)NS2(O)O. The Hall–Kier alpha value is -1.24. The van der Waals surface area contributed by atoms with Crippen LogP contribution in [-0.2, 0) is 0 Å². The summed E-state index contributed by atoms with van der Waals surface area (Å²) in [5.74, 6) is 0. The fourth-order valence-corrected chi connectivity index (χ4v) is 3.79. The molecule has 20 heavy (non-hydrogen) atoms. The third-order valence-corrected chi connectivity index (χ3v) is 5.21. The molecule has 2 aromatic carbocycles. The average Bonchev–Trinajstić information content (AvgIpc) is 2.41. The van der Waals surface area contributed by atoms with E-state index in [1.54, 1.807) is 12.1 Å². The Balaban J connectivity index is 2.05. The normalized spacial score (nSPS) is 21.7. The summed E-state index contributed by atoms with van der Waals surface area (Å²) in [6, 6.07) is 13.0. The van der Waals surface area contributed by atoms with E-state index in [1.165, 1.54) is 0 Å². The van der Waals surface area contributed by atoms with Gasteiger partial charge in [-0.3, -0.25) is 9.11 Å². The zero-order valence-corrected chi connectivity index (χ0v) is 12.4. The molecule has 0 spiro atoms. The lowest BCUT2D eigenvalue weighted by molar-refractivity contribution is 0.454. The highest BCUT2D eigenvalue weighted by Crippen LogP contribution is 2.54. The second-order valence-corrected chi connectivity index (χ2v) is 6.93. The smallest absolute Gasteiger partial charge is 0.121 e. The molecule has 0 saturated carbocycles. The highest BCUT2D eigenvalue weighted by molar-refractivity contribution is 8.22. The standard InChI is InChI=1S/C14H15ClN2O2S/c1-9-7-13-12(8-11(9)15)16-14(17-20(13,18)19)10-5-3-2-4-6-10/h2-8,14,16-19H,1H3. The van der Waals surface area contributed by atoms with E-state index in [2.05, 4.69) is 10.0 Å². The number of fused-ring (bicyclic) bond motifs is 1. The van der Waals surface area contributed by atoms with E-state index < -0.39 is 10.8 Å². The van der Waals surface area contributed by atoms with Gasteiger partial charge in [0.25, 0.3) is 0 Å². The minimum atomic E-state index is -3.05. The van der Waals surface area contributed by atoms with Crippen LogP contribution in [0, 0.1) is 6.92 Å². The number of rotatable bonds is 1. The van der Waals surface area contributed by atoms with E-state index in [4.69, 9.17) is 11.6 Å². The molecule has 0 saturated heterocycles. The van der Waals surface area contributed by atoms with Gasteiger partial charge < -0.3 is 5.32 Å². The first-order valence-electron chi connectivity index (χ1n) is 6.14. The number of benzene rings is 2. The van der Waals surface area contributed by atoms with Crippen molar-refractivity contribution in [2.75, 3.05) is 5.32 Å². The maximum atomic E-state index is 10.3. The maximum Gasteiger partial charge on any atom is 0.121 e. The van der Waals surface area contributed by atoms with Crippen LogP contribution >= 0.6 is 22.4 Å². The van der Waals surface area contributed by atoms with Crippen LogP contribution in [0.2, 0.25) is 5.02 Å². The van der Waals surface area contributed by atoms with E-state index in [0.717, 1.165) is 11.1 Å². The highest BCUT2D eigenvalue weighted by Gasteiger charge is 2.31. The summed E-state index contributed by atoms with van der Waals surface area (Å²) < 4.78 is 23.5. The predicted octanol–water partition coefficient (Wildman–Crippen LogP) is 4.39. The predicted molar refractivity (Wildman–Crippen MR) is 83.2 cm³/mol. The first-order valence-corrected chi connectivity index (χ1v) is 8.07. The summed E-state index contributed by atoms with van der Waals surface area (Å²) in [4.78, 5) is 0.451. The van der Waals surface area contributed by atoms with Crippen molar-refractivity contribution >= 4 is 28.1 Å². The van der Waals surface area contributed by atoms with E-state index in [0.29, 0.717) is 15.6 Å². The quantitative estimate of drug-likeness (QED) is 0.631. The summed E-state index contributed by atoms with van der Waals surface area (Å²) >= 11 is 6.12. The molecule has 1 heterocycles.